The fourth-order valence-corrected chi connectivity index (χ4v) is 4.96. The molecule has 0 fully saturated rings. The van der Waals surface area contributed by atoms with Crippen LogP contribution in [-0.2, 0) is 24.2 Å². The molecular weight excluding hydrogens is 360 g/mol. The zero-order valence-electron chi connectivity index (χ0n) is 15.4. The second-order valence-corrected chi connectivity index (χ2v) is 8.37. The van der Waals surface area contributed by atoms with Crippen molar-refractivity contribution in [3.05, 3.63) is 56.7 Å². The lowest BCUT2D eigenvalue weighted by molar-refractivity contribution is -0.122. The first kappa shape index (κ1) is 17.9. The molecule has 140 valence electrons. The van der Waals surface area contributed by atoms with E-state index in [1.54, 1.807) is 11.3 Å². The molecule has 4 rings (SSSR count). The summed E-state index contributed by atoms with van der Waals surface area (Å²) in [6, 6.07) is 9.58. The number of rotatable bonds is 4. The maximum absolute atomic E-state index is 12.9. The van der Waals surface area contributed by atoms with Crippen LogP contribution in [-0.4, -0.2) is 20.9 Å². The highest BCUT2D eigenvalue weighted by Crippen LogP contribution is 2.35. The molecule has 0 saturated heterocycles. The van der Waals surface area contributed by atoms with E-state index in [1.807, 2.05) is 37.3 Å². The molecule has 2 aromatic heterocycles. The maximum Gasteiger partial charge on any atom is 0.279 e. The van der Waals surface area contributed by atoms with Crippen LogP contribution in [0.2, 0.25) is 0 Å². The van der Waals surface area contributed by atoms with Crippen LogP contribution in [0.25, 0.3) is 10.2 Å². The zero-order valence-corrected chi connectivity index (χ0v) is 16.3. The standard InChI is InChI=1S/C20H22N4O2S/c1-12-8-9-15-16(10-12)27-19-18(15)20(26)24(23-22-19)11-17(25)21-13(2)14-6-4-3-5-7-14/h3-7,12-13H,8-11H2,1-2H3,(H,21,25). The van der Waals surface area contributed by atoms with Gasteiger partial charge in [0, 0.05) is 4.88 Å². The van der Waals surface area contributed by atoms with Crippen molar-refractivity contribution >= 4 is 27.5 Å². The molecule has 7 heteroatoms. The van der Waals surface area contributed by atoms with Gasteiger partial charge in [-0.2, -0.15) is 0 Å². The van der Waals surface area contributed by atoms with Crippen molar-refractivity contribution in [1.82, 2.24) is 20.3 Å². The number of aryl methyl sites for hydroxylation is 1. The molecule has 1 aromatic carbocycles. The predicted octanol–water partition coefficient (Wildman–Crippen LogP) is 2.86. The third-order valence-electron chi connectivity index (χ3n) is 5.16. The fraction of sp³-hybridized carbons (Fsp3) is 0.400. The predicted molar refractivity (Wildman–Crippen MR) is 106 cm³/mol. The Kier molecular flexibility index (Phi) is 4.78. The summed E-state index contributed by atoms with van der Waals surface area (Å²) >= 11 is 1.57. The molecule has 1 N–H and O–H groups in total. The summed E-state index contributed by atoms with van der Waals surface area (Å²) in [6.45, 7) is 4.02. The molecule has 1 aliphatic carbocycles. The van der Waals surface area contributed by atoms with E-state index >= 15 is 0 Å². The molecule has 2 unspecified atom stereocenters. The zero-order chi connectivity index (χ0) is 19.0. The van der Waals surface area contributed by atoms with Crippen LogP contribution < -0.4 is 10.9 Å². The van der Waals surface area contributed by atoms with Crippen LogP contribution in [0.15, 0.2) is 35.1 Å². The third kappa shape index (κ3) is 3.51. The molecule has 0 saturated carbocycles. The van der Waals surface area contributed by atoms with Crippen molar-refractivity contribution in [2.45, 2.75) is 45.7 Å². The van der Waals surface area contributed by atoms with Gasteiger partial charge in [0.2, 0.25) is 5.91 Å². The molecule has 0 aliphatic heterocycles. The molecule has 27 heavy (non-hydrogen) atoms. The van der Waals surface area contributed by atoms with E-state index in [-0.39, 0.29) is 24.1 Å². The van der Waals surface area contributed by atoms with Crippen molar-refractivity contribution < 1.29 is 4.79 Å². The first-order valence-electron chi connectivity index (χ1n) is 9.25. The lowest BCUT2D eigenvalue weighted by Gasteiger charge is -2.17. The van der Waals surface area contributed by atoms with Crippen molar-refractivity contribution in [3.8, 4) is 0 Å². The number of nitrogens with one attached hydrogen (secondary N) is 1. The lowest BCUT2D eigenvalue weighted by atomic mass is 9.89. The lowest BCUT2D eigenvalue weighted by Crippen LogP contribution is -2.35. The Balaban J connectivity index is 1.56. The van der Waals surface area contributed by atoms with Gasteiger partial charge in [-0.15, -0.1) is 16.4 Å². The summed E-state index contributed by atoms with van der Waals surface area (Å²) in [5, 5.41) is 11.8. The molecule has 2 heterocycles. The van der Waals surface area contributed by atoms with E-state index < -0.39 is 0 Å². The number of amides is 1. The number of benzene rings is 1. The van der Waals surface area contributed by atoms with Crippen LogP contribution >= 0.6 is 11.3 Å². The number of aromatic nitrogens is 3. The average Bonchev–Trinajstić information content (AvgIpc) is 3.02. The largest absolute Gasteiger partial charge is 0.348 e. The van der Waals surface area contributed by atoms with Crippen LogP contribution in [0.1, 0.15) is 42.3 Å². The number of fused-ring (bicyclic) bond motifs is 3. The Hall–Kier alpha value is -2.54. The van der Waals surface area contributed by atoms with E-state index in [9.17, 15) is 9.59 Å². The van der Waals surface area contributed by atoms with E-state index in [0.29, 0.717) is 16.1 Å². The minimum atomic E-state index is -0.250. The van der Waals surface area contributed by atoms with Gasteiger partial charge in [0.1, 0.15) is 6.54 Å². The summed E-state index contributed by atoms with van der Waals surface area (Å²) in [7, 11) is 0. The van der Waals surface area contributed by atoms with Gasteiger partial charge in [0.15, 0.2) is 4.83 Å². The van der Waals surface area contributed by atoms with E-state index in [1.165, 1.54) is 9.56 Å². The van der Waals surface area contributed by atoms with E-state index in [0.717, 1.165) is 30.4 Å². The Morgan fingerprint density at radius 1 is 1.37 bits per heavy atom. The molecule has 3 aromatic rings. The van der Waals surface area contributed by atoms with Crippen molar-refractivity contribution in [3.63, 3.8) is 0 Å². The van der Waals surface area contributed by atoms with E-state index in [2.05, 4.69) is 22.6 Å². The van der Waals surface area contributed by atoms with Gasteiger partial charge in [0.25, 0.3) is 5.56 Å². The molecule has 0 bridgehead atoms. The summed E-state index contributed by atoms with van der Waals surface area (Å²) < 4.78 is 1.18. The normalized spacial score (nSPS) is 17.5. The van der Waals surface area contributed by atoms with Gasteiger partial charge in [-0.05, 0) is 43.2 Å². The monoisotopic (exact) mass is 382 g/mol. The number of nitrogens with zero attached hydrogens (tertiary/aromatic N) is 3. The van der Waals surface area contributed by atoms with Crippen LogP contribution in [0.5, 0.6) is 0 Å². The minimum absolute atomic E-state index is 0.125. The number of hydrogen-bond acceptors (Lipinski definition) is 5. The number of carbonyl (C=O) groups excluding carboxylic acids is 1. The van der Waals surface area contributed by atoms with Gasteiger partial charge >= 0.3 is 0 Å². The van der Waals surface area contributed by atoms with E-state index in [4.69, 9.17) is 0 Å². The first-order valence-corrected chi connectivity index (χ1v) is 10.1. The molecular formula is C20H22N4O2S. The quantitative estimate of drug-likeness (QED) is 0.753. The summed E-state index contributed by atoms with van der Waals surface area (Å²) in [5.74, 6) is 0.380. The smallest absolute Gasteiger partial charge is 0.279 e. The number of thiophene rings is 1. The van der Waals surface area contributed by atoms with Crippen LogP contribution in [0.4, 0.5) is 0 Å². The first-order chi connectivity index (χ1) is 13.0. The maximum atomic E-state index is 12.9. The SMILES string of the molecule is CC1CCc2c(sc3nnn(CC(=O)NC(C)c4ccccc4)c(=O)c23)C1. The summed E-state index contributed by atoms with van der Waals surface area (Å²) in [5.41, 5.74) is 1.91. The molecule has 0 radical (unpaired) electrons. The minimum Gasteiger partial charge on any atom is -0.348 e. The van der Waals surface area contributed by atoms with Gasteiger partial charge in [-0.1, -0.05) is 42.5 Å². The van der Waals surface area contributed by atoms with Crippen LogP contribution in [0, 0.1) is 5.92 Å². The second kappa shape index (κ2) is 7.23. The van der Waals surface area contributed by atoms with Crippen molar-refractivity contribution in [2.75, 3.05) is 0 Å². The van der Waals surface area contributed by atoms with Gasteiger partial charge < -0.3 is 5.32 Å². The van der Waals surface area contributed by atoms with Gasteiger partial charge in [0.05, 0.1) is 11.4 Å². The Morgan fingerprint density at radius 2 is 2.15 bits per heavy atom. The Morgan fingerprint density at radius 3 is 2.93 bits per heavy atom. The Bertz CT molecular complexity index is 1040. The van der Waals surface area contributed by atoms with Gasteiger partial charge in [-0.25, -0.2) is 4.68 Å². The molecule has 0 spiro atoms. The third-order valence-corrected chi connectivity index (χ3v) is 6.29. The number of carbonyl (C=O) groups is 1. The topological polar surface area (TPSA) is 76.9 Å². The van der Waals surface area contributed by atoms with Crippen molar-refractivity contribution in [1.29, 1.82) is 0 Å². The molecule has 1 amide bonds. The fourth-order valence-electron chi connectivity index (χ4n) is 3.64. The highest BCUT2D eigenvalue weighted by molar-refractivity contribution is 7.18. The summed E-state index contributed by atoms with van der Waals surface area (Å²) in [6.07, 6.45) is 2.97. The molecule has 1 aliphatic rings. The van der Waals surface area contributed by atoms with Crippen molar-refractivity contribution in [2.24, 2.45) is 5.92 Å². The van der Waals surface area contributed by atoms with Crippen LogP contribution in [0.3, 0.4) is 0 Å². The summed E-state index contributed by atoms with van der Waals surface area (Å²) in [4.78, 5) is 27.3. The molecule has 6 nitrogen and oxygen atoms in total. The Labute approximate surface area is 161 Å². The van der Waals surface area contributed by atoms with Gasteiger partial charge in [-0.3, -0.25) is 9.59 Å². The average molecular weight is 382 g/mol. The second-order valence-electron chi connectivity index (χ2n) is 7.28. The highest BCUT2D eigenvalue weighted by Gasteiger charge is 2.24. The highest BCUT2D eigenvalue weighted by atomic mass is 32.1. The molecule has 2 atom stereocenters. The number of hydrogen-bond donors (Lipinski definition) is 1.